The summed E-state index contributed by atoms with van der Waals surface area (Å²) in [6, 6.07) is 18.0. The standard InChI is InChI=1S/C27H21ClN2O5S/c1-3-35-18-9-7-15(8-10-18)24(31)22-23(16-5-4-6-17(28)13-16)30(26(33)25(22)32)27-29-20-12-11-19(34-2)14-21(20)36-27/h4-14,23,31H,3H2,1-2H3/t23-/m0/s1. The highest BCUT2D eigenvalue weighted by Gasteiger charge is 2.48. The van der Waals surface area contributed by atoms with Crippen molar-refractivity contribution in [1.29, 1.82) is 0 Å². The van der Waals surface area contributed by atoms with Gasteiger partial charge in [-0.05, 0) is 67.1 Å². The highest BCUT2D eigenvalue weighted by atomic mass is 35.5. The molecule has 1 amide bonds. The van der Waals surface area contributed by atoms with E-state index in [0.717, 1.165) is 4.70 Å². The molecule has 9 heteroatoms. The van der Waals surface area contributed by atoms with Gasteiger partial charge in [-0.1, -0.05) is 35.1 Å². The van der Waals surface area contributed by atoms with Gasteiger partial charge < -0.3 is 14.6 Å². The molecule has 1 aliphatic heterocycles. The van der Waals surface area contributed by atoms with Gasteiger partial charge in [0.2, 0.25) is 0 Å². The Morgan fingerprint density at radius 1 is 1.08 bits per heavy atom. The molecule has 1 saturated heterocycles. The zero-order valence-electron chi connectivity index (χ0n) is 19.4. The molecule has 5 rings (SSSR count). The second-order valence-corrected chi connectivity index (χ2v) is 9.46. The summed E-state index contributed by atoms with van der Waals surface area (Å²) in [6.45, 7) is 2.37. The lowest BCUT2D eigenvalue weighted by molar-refractivity contribution is -0.132. The van der Waals surface area contributed by atoms with Crippen LogP contribution in [0.5, 0.6) is 11.5 Å². The number of carbonyl (C=O) groups excluding carboxylic acids is 2. The van der Waals surface area contributed by atoms with Crippen LogP contribution in [-0.4, -0.2) is 35.5 Å². The molecule has 0 aliphatic carbocycles. The van der Waals surface area contributed by atoms with Crippen LogP contribution < -0.4 is 14.4 Å². The zero-order valence-corrected chi connectivity index (χ0v) is 21.0. The number of fused-ring (bicyclic) bond motifs is 1. The number of aliphatic hydroxyl groups excluding tert-OH is 1. The molecule has 0 radical (unpaired) electrons. The zero-order chi connectivity index (χ0) is 25.4. The van der Waals surface area contributed by atoms with Crippen molar-refractivity contribution in [3.63, 3.8) is 0 Å². The molecular formula is C27H21ClN2O5S. The van der Waals surface area contributed by atoms with E-state index in [0.29, 0.717) is 44.9 Å². The fourth-order valence-electron chi connectivity index (χ4n) is 4.18. The number of halogens is 1. The van der Waals surface area contributed by atoms with Crippen LogP contribution in [0.1, 0.15) is 24.1 Å². The third kappa shape index (κ3) is 4.19. The van der Waals surface area contributed by atoms with Crippen molar-refractivity contribution >= 4 is 55.7 Å². The number of aromatic nitrogens is 1. The lowest BCUT2D eigenvalue weighted by Crippen LogP contribution is -2.29. The van der Waals surface area contributed by atoms with Gasteiger partial charge in [0.05, 0.1) is 35.5 Å². The van der Waals surface area contributed by atoms with Crippen LogP contribution in [0.2, 0.25) is 5.02 Å². The number of aliphatic hydroxyl groups is 1. The summed E-state index contributed by atoms with van der Waals surface area (Å²) >= 11 is 7.53. The van der Waals surface area contributed by atoms with Crippen molar-refractivity contribution < 1.29 is 24.2 Å². The molecule has 0 unspecified atom stereocenters. The number of methoxy groups -OCH3 is 1. The summed E-state index contributed by atoms with van der Waals surface area (Å²) in [6.07, 6.45) is 0. The first kappa shape index (κ1) is 23.8. The predicted molar refractivity (Wildman–Crippen MR) is 140 cm³/mol. The molecule has 182 valence electrons. The summed E-state index contributed by atoms with van der Waals surface area (Å²) in [5, 5.41) is 12.0. The molecule has 0 spiro atoms. The smallest absolute Gasteiger partial charge is 0.301 e. The Balaban J connectivity index is 1.68. The van der Waals surface area contributed by atoms with Crippen LogP contribution in [0.15, 0.2) is 72.3 Å². The van der Waals surface area contributed by atoms with Crippen molar-refractivity contribution in [3.05, 3.63) is 88.5 Å². The van der Waals surface area contributed by atoms with E-state index < -0.39 is 17.7 Å². The number of thiazole rings is 1. The van der Waals surface area contributed by atoms with E-state index in [9.17, 15) is 14.7 Å². The number of hydrogen-bond donors (Lipinski definition) is 1. The van der Waals surface area contributed by atoms with Crippen molar-refractivity contribution in [2.75, 3.05) is 18.6 Å². The molecule has 1 atom stereocenters. The maximum Gasteiger partial charge on any atom is 0.301 e. The summed E-state index contributed by atoms with van der Waals surface area (Å²) < 4.78 is 11.6. The number of Topliss-reactive ketones (excluding diaryl/α,β-unsaturated/α-hetero) is 1. The topological polar surface area (TPSA) is 89.0 Å². The number of benzene rings is 3. The van der Waals surface area contributed by atoms with Gasteiger partial charge in [-0.25, -0.2) is 4.98 Å². The van der Waals surface area contributed by atoms with Crippen LogP contribution in [-0.2, 0) is 9.59 Å². The van der Waals surface area contributed by atoms with E-state index in [4.69, 9.17) is 21.1 Å². The van der Waals surface area contributed by atoms with Crippen LogP contribution in [0, 0.1) is 0 Å². The number of nitrogens with zero attached hydrogens (tertiary/aromatic N) is 2. The van der Waals surface area contributed by atoms with Crippen LogP contribution in [0.25, 0.3) is 16.0 Å². The molecule has 7 nitrogen and oxygen atoms in total. The van der Waals surface area contributed by atoms with Gasteiger partial charge >= 0.3 is 5.91 Å². The first-order chi connectivity index (χ1) is 17.4. The average molecular weight is 521 g/mol. The normalized spacial score (nSPS) is 17.1. The molecule has 1 N–H and O–H groups in total. The molecule has 0 saturated carbocycles. The Labute approximate surface area is 216 Å². The van der Waals surface area contributed by atoms with Crippen molar-refractivity contribution in [3.8, 4) is 11.5 Å². The Kier molecular flexibility index (Phi) is 6.38. The molecule has 3 aromatic carbocycles. The third-order valence-corrected chi connectivity index (χ3v) is 7.09. The van der Waals surface area contributed by atoms with Crippen LogP contribution in [0.3, 0.4) is 0 Å². The number of hydrogen-bond acceptors (Lipinski definition) is 7. The minimum absolute atomic E-state index is 0.0386. The minimum Gasteiger partial charge on any atom is -0.507 e. The van der Waals surface area contributed by atoms with E-state index in [2.05, 4.69) is 4.98 Å². The highest BCUT2D eigenvalue weighted by molar-refractivity contribution is 7.22. The first-order valence-electron chi connectivity index (χ1n) is 11.2. The molecular weight excluding hydrogens is 500 g/mol. The fourth-order valence-corrected chi connectivity index (χ4v) is 5.40. The van der Waals surface area contributed by atoms with Gasteiger partial charge in [0.1, 0.15) is 17.3 Å². The van der Waals surface area contributed by atoms with Gasteiger partial charge in [0.25, 0.3) is 5.78 Å². The molecule has 4 aromatic rings. The van der Waals surface area contributed by atoms with Crippen molar-refractivity contribution in [1.82, 2.24) is 4.98 Å². The summed E-state index contributed by atoms with van der Waals surface area (Å²) in [7, 11) is 1.57. The Morgan fingerprint density at radius 2 is 1.83 bits per heavy atom. The van der Waals surface area contributed by atoms with Gasteiger partial charge in [-0.15, -0.1) is 0 Å². The molecule has 0 bridgehead atoms. The number of carbonyl (C=O) groups is 2. The quantitative estimate of drug-likeness (QED) is 0.191. The molecule has 1 fully saturated rings. The second-order valence-electron chi connectivity index (χ2n) is 8.01. The SMILES string of the molecule is CCOc1ccc(C(O)=C2C(=O)C(=O)N(c3nc4ccc(OC)cc4s3)[C@H]2c2cccc(Cl)c2)cc1. The maximum absolute atomic E-state index is 13.4. The molecule has 1 aliphatic rings. The number of ether oxygens (including phenoxy) is 2. The number of ketones is 1. The minimum atomic E-state index is -0.919. The Morgan fingerprint density at radius 3 is 2.53 bits per heavy atom. The average Bonchev–Trinajstić information content (AvgIpc) is 3.42. The Bertz CT molecular complexity index is 1510. The van der Waals surface area contributed by atoms with Crippen molar-refractivity contribution in [2.45, 2.75) is 13.0 Å². The summed E-state index contributed by atoms with van der Waals surface area (Å²) in [5.41, 5.74) is 1.58. The van der Waals surface area contributed by atoms with E-state index in [1.165, 1.54) is 16.2 Å². The largest absolute Gasteiger partial charge is 0.507 e. The predicted octanol–water partition coefficient (Wildman–Crippen LogP) is 5.98. The summed E-state index contributed by atoms with van der Waals surface area (Å²) in [5.74, 6) is -0.583. The van der Waals surface area contributed by atoms with Gasteiger partial charge in [-0.2, -0.15) is 0 Å². The molecule has 36 heavy (non-hydrogen) atoms. The third-order valence-electron chi connectivity index (χ3n) is 5.84. The summed E-state index contributed by atoms with van der Waals surface area (Å²) in [4.78, 5) is 32.7. The maximum atomic E-state index is 13.4. The van der Waals surface area contributed by atoms with Gasteiger partial charge in [0.15, 0.2) is 5.13 Å². The van der Waals surface area contributed by atoms with E-state index in [1.807, 2.05) is 13.0 Å². The second kappa shape index (κ2) is 9.64. The lowest BCUT2D eigenvalue weighted by atomic mass is 9.95. The lowest BCUT2D eigenvalue weighted by Gasteiger charge is -2.23. The number of anilines is 1. The molecule has 2 heterocycles. The van der Waals surface area contributed by atoms with Gasteiger partial charge in [-0.3, -0.25) is 14.5 Å². The van der Waals surface area contributed by atoms with Crippen LogP contribution >= 0.6 is 22.9 Å². The van der Waals surface area contributed by atoms with E-state index >= 15 is 0 Å². The number of amides is 1. The number of rotatable bonds is 6. The molecule has 1 aromatic heterocycles. The fraction of sp³-hybridized carbons (Fsp3) is 0.148. The van der Waals surface area contributed by atoms with E-state index in [-0.39, 0.29) is 11.3 Å². The first-order valence-corrected chi connectivity index (χ1v) is 12.3. The highest BCUT2D eigenvalue weighted by Crippen LogP contribution is 2.45. The van der Waals surface area contributed by atoms with E-state index in [1.54, 1.807) is 67.8 Å². The van der Waals surface area contributed by atoms with Crippen molar-refractivity contribution in [2.24, 2.45) is 0 Å². The van der Waals surface area contributed by atoms with Crippen LogP contribution in [0.4, 0.5) is 5.13 Å². The van der Waals surface area contributed by atoms with Gasteiger partial charge in [0, 0.05) is 10.6 Å². The monoisotopic (exact) mass is 520 g/mol. The Hall–Kier alpha value is -3.88.